The Balaban J connectivity index is 0.000000720. The quantitative estimate of drug-likeness (QED) is 0.233. The lowest BCUT2D eigenvalue weighted by atomic mass is 9.44. The van der Waals surface area contributed by atoms with Gasteiger partial charge in [0.15, 0.2) is 0 Å². The second kappa shape index (κ2) is 33.5. The van der Waals surface area contributed by atoms with Crippen LogP contribution in [0.15, 0.2) is 0 Å². The number of thioether (sulfide) groups is 3. The molecule has 0 bridgehead atoms. The Morgan fingerprint density at radius 2 is 0.198 bits per heavy atom. The van der Waals surface area contributed by atoms with Crippen LogP contribution in [-0.4, -0.2) is 165 Å². The highest BCUT2D eigenvalue weighted by atomic mass is 32.2. The molecule has 8 aliphatic heterocycles. The van der Waals surface area contributed by atoms with Gasteiger partial charge in [-0.1, -0.05) is 291 Å². The van der Waals surface area contributed by atoms with E-state index in [0.717, 1.165) is 0 Å². The average Bonchev–Trinajstić information content (AvgIpc) is 0.699. The fourth-order valence-corrected chi connectivity index (χ4v) is 30.6. The molecule has 756 valence electrons. The Bertz CT molecular complexity index is 3070. The van der Waals surface area contributed by atoms with Gasteiger partial charge in [0.2, 0.25) is 0 Å². The van der Waals surface area contributed by atoms with E-state index in [0.29, 0.717) is 77.2 Å². The summed E-state index contributed by atoms with van der Waals surface area (Å²) in [6.45, 7) is 173. The number of hydrogen-bond donors (Lipinski definition) is 0. The minimum atomic E-state index is -0.138. The molecule has 0 amide bonds. The molecule has 8 fully saturated rings. The molecule has 0 N–H and O–H groups in total. The molecule has 0 aliphatic carbocycles. The minimum Gasteiger partial charge on any atom is -0.369 e. The third-order valence-electron chi connectivity index (χ3n) is 49.8. The van der Waals surface area contributed by atoms with Crippen molar-refractivity contribution in [3.8, 4) is 0 Å². The van der Waals surface area contributed by atoms with Crippen molar-refractivity contribution in [2.24, 2.45) is 81.2 Å². The topological polar surface area (TPSA) is 49.9 Å². The smallest absolute Gasteiger partial charge is 0.0812 e. The molecule has 0 radical (unpaired) electrons. The first-order valence-electron chi connectivity index (χ1n) is 49.9. The maximum Gasteiger partial charge on any atom is 0.0812 e. The Morgan fingerprint density at radius 1 is 0.111 bits per heavy atom. The van der Waals surface area contributed by atoms with Gasteiger partial charge in [-0.25, -0.2) is 0 Å². The maximum atomic E-state index is 6.43. The Labute approximate surface area is 807 Å². The SMILES string of the molecule is CC1(C)OC(C)(C)C(C)(C)C(C)(C)C1(C)C.CC1(C)OC(C)(C)C(C)(C)C(C)(C)C1(C)C.CC1(C)SC(C)(C)C(C)(C)C(C)(C)C1(C)C.CC1(C)SC(C)(C)C(C)(C)C(C)(C)C1(C)C.CC1(C)SC(C)(C)C(C)(C)C(C)(C)C1(C)C.CN1C(C)(C)C(C)(C)N(C)C(C)(C)C1(C)C.CN1C(C)(C)C(C)(C)OC(C)(C)C1(C)C.CN1C(C)(C)C(C)(C)OC(C)(C)C1(C)C. The van der Waals surface area contributed by atoms with Gasteiger partial charge in [-0.15, -0.1) is 35.3 Å². The number of hydrogen-bond acceptors (Lipinski definition) is 11. The van der Waals surface area contributed by atoms with E-state index in [-0.39, 0.29) is 122 Å². The molecular weight excluding hydrogens is 1600 g/mol. The summed E-state index contributed by atoms with van der Waals surface area (Å²) < 4.78 is 27.4. The molecule has 0 unspecified atom stereocenters. The average molecular weight is 1830 g/mol. The van der Waals surface area contributed by atoms with Crippen molar-refractivity contribution in [2.75, 3.05) is 28.2 Å². The molecule has 8 aliphatic rings. The molecule has 0 atom stereocenters. The van der Waals surface area contributed by atoms with Crippen LogP contribution in [0.2, 0.25) is 0 Å². The van der Waals surface area contributed by atoms with Crippen LogP contribution in [0.4, 0.5) is 0 Å². The number of ether oxygens (including phenoxy) is 4. The van der Waals surface area contributed by atoms with E-state index >= 15 is 0 Å². The van der Waals surface area contributed by atoms with Crippen molar-refractivity contribution in [1.82, 2.24) is 19.6 Å². The van der Waals surface area contributed by atoms with Gasteiger partial charge >= 0.3 is 0 Å². The van der Waals surface area contributed by atoms with Crippen LogP contribution >= 0.6 is 35.3 Å². The van der Waals surface area contributed by atoms with Gasteiger partial charge in [0.05, 0.1) is 44.8 Å². The van der Waals surface area contributed by atoms with Crippen LogP contribution in [0, 0.1) is 81.2 Å². The summed E-state index contributed by atoms with van der Waals surface area (Å²) in [7, 11) is 8.92. The fourth-order valence-electron chi connectivity index (χ4n) is 23.7. The zero-order valence-corrected chi connectivity index (χ0v) is 104. The molecule has 8 nitrogen and oxygen atoms in total. The van der Waals surface area contributed by atoms with Crippen molar-refractivity contribution in [3.05, 3.63) is 0 Å². The van der Waals surface area contributed by atoms with Crippen molar-refractivity contribution in [1.29, 1.82) is 0 Å². The highest BCUT2D eigenvalue weighted by Gasteiger charge is 2.72. The number of likely N-dealkylation sites (N-methyl/N-ethyl adjacent to an activating group) is 4. The first kappa shape index (κ1) is 125. The van der Waals surface area contributed by atoms with E-state index in [1.54, 1.807) is 0 Å². The first-order chi connectivity index (χ1) is 53.1. The van der Waals surface area contributed by atoms with E-state index in [2.05, 4.69) is 595 Å². The van der Waals surface area contributed by atoms with Crippen LogP contribution in [0.25, 0.3) is 0 Å². The van der Waals surface area contributed by atoms with Gasteiger partial charge < -0.3 is 18.9 Å². The van der Waals surface area contributed by atoms with Crippen LogP contribution in [0.3, 0.4) is 0 Å². The van der Waals surface area contributed by atoms with Crippen molar-refractivity contribution >= 4 is 35.3 Å². The van der Waals surface area contributed by atoms with Crippen LogP contribution in [0.5, 0.6) is 0 Å². The number of rotatable bonds is 0. The lowest BCUT2D eigenvalue weighted by molar-refractivity contribution is -0.323. The maximum absolute atomic E-state index is 6.43. The molecule has 126 heavy (non-hydrogen) atoms. The van der Waals surface area contributed by atoms with Gasteiger partial charge in [-0.2, -0.15) is 0 Å². The summed E-state index contributed by atoms with van der Waals surface area (Å²) in [6.07, 6.45) is 0. The molecule has 0 aromatic rings. The van der Waals surface area contributed by atoms with Gasteiger partial charge in [-0.05, 0) is 331 Å². The van der Waals surface area contributed by atoms with Crippen molar-refractivity contribution < 1.29 is 18.9 Å². The van der Waals surface area contributed by atoms with Crippen molar-refractivity contribution in [3.63, 3.8) is 0 Å². The summed E-state index contributed by atoms with van der Waals surface area (Å²) >= 11 is 6.49. The highest BCUT2D eigenvalue weighted by molar-refractivity contribution is 8.02. The second-order valence-electron chi connectivity index (χ2n) is 60.9. The lowest BCUT2D eigenvalue weighted by Crippen LogP contribution is -2.82. The molecule has 8 rings (SSSR count). The summed E-state index contributed by atoms with van der Waals surface area (Å²) in [4.78, 5) is 9.98. The zero-order chi connectivity index (χ0) is 104. The Kier molecular flexibility index (Phi) is 33.1. The fraction of sp³-hybridized carbons (Fsp3) is 1.00. The van der Waals surface area contributed by atoms with Crippen LogP contribution in [-0.2, 0) is 18.9 Å². The molecule has 11 heteroatoms. The highest BCUT2D eigenvalue weighted by Crippen LogP contribution is 2.76. The zero-order valence-electron chi connectivity index (χ0n) is 101. The molecule has 0 saturated carbocycles. The van der Waals surface area contributed by atoms with Gasteiger partial charge in [0, 0.05) is 72.8 Å². The third kappa shape index (κ3) is 18.1. The van der Waals surface area contributed by atoms with Crippen LogP contribution < -0.4 is 0 Å². The molecule has 0 aromatic heterocycles. The standard InChI is InChI=1S/2C15H30O.3C15H30S.C14H30N2.2C13H27NO/c5*1-11(2)12(3,4)14(7,8)16-15(9,10)13(11,5)6;1-11(2)12(3,4)16(10)14(7,8)13(5,6)15(11)9;2*1-10(2)12(5,6)15-13(7,8)11(3,4)14(10)9/h6*1-10H3;2*1-9H3. The predicted octanol–water partition coefficient (Wildman–Crippen LogP) is 34.5. The monoisotopic (exact) mass is 1830 g/mol. The number of morpholine rings is 2. The Morgan fingerprint density at radius 3 is 0.310 bits per heavy atom. The molecule has 0 aromatic carbocycles. The molecule has 0 spiro atoms. The van der Waals surface area contributed by atoms with E-state index in [4.69, 9.17) is 18.9 Å². The van der Waals surface area contributed by atoms with Crippen molar-refractivity contribution in [2.45, 2.75) is 630 Å². The van der Waals surface area contributed by atoms with E-state index in [9.17, 15) is 0 Å². The van der Waals surface area contributed by atoms with E-state index in [1.807, 2.05) is 0 Å². The molecular formula is C115H234N4O4S3. The molecule has 8 saturated heterocycles. The van der Waals surface area contributed by atoms with E-state index < -0.39 is 0 Å². The minimum absolute atomic E-state index is 0.0337. The summed E-state index contributed by atoms with van der Waals surface area (Å²) in [5.41, 5.74) is 3.66. The van der Waals surface area contributed by atoms with Gasteiger partial charge in [0.1, 0.15) is 0 Å². The van der Waals surface area contributed by atoms with Gasteiger partial charge in [-0.3, -0.25) is 19.6 Å². The summed E-state index contributed by atoms with van der Waals surface area (Å²) in [5, 5.41) is 0. The largest absolute Gasteiger partial charge is 0.369 e. The van der Waals surface area contributed by atoms with Gasteiger partial charge in [0.25, 0.3) is 0 Å². The first-order valence-corrected chi connectivity index (χ1v) is 52.4. The Hall–Kier alpha value is 0.730. The number of nitrogens with zero attached hydrogens (tertiary/aromatic N) is 4. The lowest BCUT2D eigenvalue weighted by Gasteiger charge is -2.70. The summed E-state index contributed by atoms with van der Waals surface area (Å²) in [5.74, 6) is 0. The normalized spacial score (nSPS) is 33.1. The summed E-state index contributed by atoms with van der Waals surface area (Å²) in [6, 6.07) is 0. The number of piperazine rings is 1. The van der Waals surface area contributed by atoms with E-state index in [1.165, 1.54) is 0 Å². The third-order valence-corrected chi connectivity index (χ3v) is 56.0. The predicted molar refractivity (Wildman–Crippen MR) is 575 cm³/mol. The van der Waals surface area contributed by atoms with Crippen LogP contribution in [0.1, 0.15) is 512 Å². The second-order valence-corrected chi connectivity index (χ2v) is 67.7. The molecule has 8 heterocycles.